The fourth-order valence-corrected chi connectivity index (χ4v) is 1.59. The molecule has 22 heavy (non-hydrogen) atoms. The van der Waals surface area contributed by atoms with Crippen LogP contribution in [0, 0.1) is 17.5 Å². The van der Waals surface area contributed by atoms with Crippen LogP contribution in [-0.2, 0) is 4.74 Å². The zero-order valence-electron chi connectivity index (χ0n) is 12.4. The molecule has 0 saturated carbocycles. The van der Waals surface area contributed by atoms with Gasteiger partial charge in [0.25, 0.3) is 0 Å². The van der Waals surface area contributed by atoms with Crippen LogP contribution in [0.5, 0.6) is 0 Å². The lowest BCUT2D eigenvalue weighted by Crippen LogP contribution is -2.39. The summed E-state index contributed by atoms with van der Waals surface area (Å²) < 4.78 is 44.3. The van der Waals surface area contributed by atoms with E-state index in [0.29, 0.717) is 6.07 Å². The number of hydrogen-bond donors (Lipinski definition) is 3. The third kappa shape index (κ3) is 4.88. The average molecular weight is 321 g/mol. The lowest BCUT2D eigenvalue weighted by Gasteiger charge is -2.22. The van der Waals surface area contributed by atoms with Crippen molar-refractivity contribution in [1.29, 1.82) is 0 Å². The number of carbonyl (C=O) groups excluding carboxylic acids is 1. The minimum atomic E-state index is -1.84. The van der Waals surface area contributed by atoms with Crippen molar-refractivity contribution in [3.8, 4) is 0 Å². The molecule has 5 nitrogen and oxygen atoms in total. The van der Waals surface area contributed by atoms with E-state index in [1.54, 1.807) is 20.8 Å². The van der Waals surface area contributed by atoms with Gasteiger partial charge in [-0.3, -0.25) is 0 Å². The van der Waals surface area contributed by atoms with Gasteiger partial charge in [0.1, 0.15) is 17.8 Å². The highest BCUT2D eigenvalue weighted by atomic mass is 19.2. The van der Waals surface area contributed by atoms with Crippen molar-refractivity contribution in [3.05, 3.63) is 35.1 Å². The van der Waals surface area contributed by atoms with Crippen LogP contribution in [0.15, 0.2) is 12.1 Å². The smallest absolute Gasteiger partial charge is 0.407 e. The zero-order chi connectivity index (χ0) is 17.1. The Balaban J connectivity index is 2.68. The molecule has 2 atom stereocenters. The van der Waals surface area contributed by atoms with Gasteiger partial charge in [0, 0.05) is 12.1 Å². The van der Waals surface area contributed by atoms with Gasteiger partial charge >= 0.3 is 6.09 Å². The maximum Gasteiger partial charge on any atom is 0.407 e. The van der Waals surface area contributed by atoms with Crippen LogP contribution in [0.2, 0.25) is 0 Å². The first-order valence-electron chi connectivity index (χ1n) is 6.49. The van der Waals surface area contributed by atoms with E-state index in [1.165, 1.54) is 0 Å². The Hall–Kier alpha value is -1.80. The van der Waals surface area contributed by atoms with Crippen molar-refractivity contribution in [3.63, 3.8) is 0 Å². The molecule has 0 aromatic heterocycles. The molecule has 0 aliphatic carbocycles. The molecule has 0 bridgehead atoms. The van der Waals surface area contributed by atoms with Crippen LogP contribution in [-0.4, -0.2) is 34.6 Å². The summed E-state index contributed by atoms with van der Waals surface area (Å²) in [7, 11) is 0. The summed E-state index contributed by atoms with van der Waals surface area (Å²) in [4.78, 5) is 11.4. The number of aliphatic hydroxyl groups excluding tert-OH is 2. The number of ether oxygens (including phenoxy) is 1. The van der Waals surface area contributed by atoms with E-state index in [-0.39, 0.29) is 0 Å². The van der Waals surface area contributed by atoms with Crippen molar-refractivity contribution in [2.24, 2.45) is 0 Å². The summed E-state index contributed by atoms with van der Waals surface area (Å²) in [6.07, 6.45) is -4.32. The first-order chi connectivity index (χ1) is 10.0. The summed E-state index contributed by atoms with van der Waals surface area (Å²) in [6, 6.07) is 1.44. The van der Waals surface area contributed by atoms with Crippen molar-refractivity contribution in [1.82, 2.24) is 5.32 Å². The molecule has 124 valence electrons. The zero-order valence-corrected chi connectivity index (χ0v) is 12.4. The second kappa shape index (κ2) is 6.97. The number of carbonyl (C=O) groups is 1. The van der Waals surface area contributed by atoms with Crippen LogP contribution in [0.3, 0.4) is 0 Å². The number of aliphatic hydroxyl groups is 2. The Kier molecular flexibility index (Phi) is 5.78. The molecule has 0 spiro atoms. The fourth-order valence-electron chi connectivity index (χ4n) is 1.59. The van der Waals surface area contributed by atoms with E-state index in [0.717, 1.165) is 6.07 Å². The minimum Gasteiger partial charge on any atom is -0.444 e. The summed E-state index contributed by atoms with van der Waals surface area (Å²) in [5.74, 6) is -4.75. The molecule has 3 N–H and O–H groups in total. The Morgan fingerprint density at radius 2 is 1.82 bits per heavy atom. The number of alkyl carbamates (subject to hydrolysis) is 1. The van der Waals surface area contributed by atoms with Gasteiger partial charge in [0.05, 0.1) is 0 Å². The number of halogens is 3. The summed E-state index contributed by atoms with van der Waals surface area (Å²) in [5, 5.41) is 21.6. The third-order valence-corrected chi connectivity index (χ3v) is 2.60. The van der Waals surface area contributed by atoms with E-state index in [2.05, 4.69) is 5.32 Å². The highest BCUT2D eigenvalue weighted by molar-refractivity contribution is 5.67. The number of hydrogen-bond acceptors (Lipinski definition) is 4. The Labute approximate surface area is 125 Å². The maximum atomic E-state index is 13.5. The molecular weight excluding hydrogens is 303 g/mol. The minimum absolute atomic E-state index is 0.464. The van der Waals surface area contributed by atoms with Gasteiger partial charge in [0.2, 0.25) is 0 Å². The van der Waals surface area contributed by atoms with E-state index < -0.39 is 53.5 Å². The van der Waals surface area contributed by atoms with Crippen molar-refractivity contribution in [2.45, 2.75) is 38.6 Å². The normalized spacial score (nSPS) is 14.4. The molecule has 1 rings (SSSR count). The van der Waals surface area contributed by atoms with Gasteiger partial charge in [-0.05, 0) is 26.8 Å². The quantitative estimate of drug-likeness (QED) is 0.742. The van der Waals surface area contributed by atoms with Gasteiger partial charge in [0.15, 0.2) is 17.5 Å². The number of amides is 1. The Morgan fingerprint density at radius 3 is 2.36 bits per heavy atom. The highest BCUT2D eigenvalue weighted by Crippen LogP contribution is 2.23. The van der Waals surface area contributed by atoms with Crippen LogP contribution in [0.1, 0.15) is 32.4 Å². The van der Waals surface area contributed by atoms with E-state index in [4.69, 9.17) is 4.74 Å². The lowest BCUT2D eigenvalue weighted by molar-refractivity contribution is 0.0109. The molecular formula is C14H18F3NO4. The summed E-state index contributed by atoms with van der Waals surface area (Å²) in [6.45, 7) is 4.44. The molecule has 0 aliphatic rings. The van der Waals surface area contributed by atoms with Gasteiger partial charge in [-0.1, -0.05) is 6.07 Å². The van der Waals surface area contributed by atoms with Crippen LogP contribution < -0.4 is 5.32 Å². The molecule has 1 amide bonds. The van der Waals surface area contributed by atoms with Crippen LogP contribution in [0.25, 0.3) is 0 Å². The Bertz CT molecular complexity index is 546. The van der Waals surface area contributed by atoms with Gasteiger partial charge in [-0.25, -0.2) is 18.0 Å². The molecule has 0 heterocycles. The van der Waals surface area contributed by atoms with E-state index in [9.17, 15) is 28.2 Å². The largest absolute Gasteiger partial charge is 0.444 e. The fraction of sp³-hybridized carbons (Fsp3) is 0.500. The van der Waals surface area contributed by atoms with Gasteiger partial charge in [-0.2, -0.15) is 0 Å². The number of benzene rings is 1. The second-order valence-electron chi connectivity index (χ2n) is 5.66. The highest BCUT2D eigenvalue weighted by Gasteiger charge is 2.26. The second-order valence-corrected chi connectivity index (χ2v) is 5.66. The molecule has 0 saturated heterocycles. The molecule has 0 fully saturated rings. The molecule has 0 aliphatic heterocycles. The predicted octanol–water partition coefficient (Wildman–Crippen LogP) is 2.02. The molecule has 2 unspecified atom stereocenters. The summed E-state index contributed by atoms with van der Waals surface area (Å²) in [5.41, 5.74) is -1.36. The average Bonchev–Trinajstić information content (AvgIpc) is 2.40. The summed E-state index contributed by atoms with van der Waals surface area (Å²) >= 11 is 0. The van der Waals surface area contributed by atoms with Crippen LogP contribution >= 0.6 is 0 Å². The van der Waals surface area contributed by atoms with E-state index >= 15 is 0 Å². The standard InChI is InChI=1S/C14H18F3NO4/c1-14(2,3)22-13(21)18-6-9(19)12(20)7-4-5-8(15)11(17)10(7)16/h4-5,9,12,19-20H,6H2,1-3H3,(H,18,21). The lowest BCUT2D eigenvalue weighted by atomic mass is 10.0. The first-order valence-corrected chi connectivity index (χ1v) is 6.49. The third-order valence-electron chi connectivity index (χ3n) is 2.60. The predicted molar refractivity (Wildman–Crippen MR) is 71.5 cm³/mol. The molecule has 1 aromatic rings. The SMILES string of the molecule is CC(C)(C)OC(=O)NCC(O)C(O)c1ccc(F)c(F)c1F. The van der Waals surface area contributed by atoms with Crippen molar-refractivity contribution >= 4 is 6.09 Å². The maximum absolute atomic E-state index is 13.5. The first kappa shape index (κ1) is 18.2. The monoisotopic (exact) mass is 321 g/mol. The van der Waals surface area contributed by atoms with Crippen LogP contribution in [0.4, 0.5) is 18.0 Å². The van der Waals surface area contributed by atoms with Gasteiger partial charge < -0.3 is 20.3 Å². The van der Waals surface area contributed by atoms with Gasteiger partial charge in [-0.15, -0.1) is 0 Å². The molecule has 8 heteroatoms. The molecule has 1 aromatic carbocycles. The molecule has 0 radical (unpaired) electrons. The van der Waals surface area contributed by atoms with E-state index in [1.807, 2.05) is 0 Å². The Morgan fingerprint density at radius 1 is 1.23 bits per heavy atom. The van der Waals surface area contributed by atoms with Crippen molar-refractivity contribution in [2.75, 3.05) is 6.54 Å². The number of nitrogens with one attached hydrogen (secondary N) is 1. The number of rotatable bonds is 4. The van der Waals surface area contributed by atoms with Crippen molar-refractivity contribution < 1.29 is 32.9 Å². The topological polar surface area (TPSA) is 78.8 Å².